The molecule has 0 unspecified atom stereocenters. The third-order valence-electron chi connectivity index (χ3n) is 2.54. The van der Waals surface area contributed by atoms with Crippen LogP contribution < -0.4 is 5.73 Å². The number of rotatable bonds is 5. The molecule has 0 bridgehead atoms. The van der Waals surface area contributed by atoms with Gasteiger partial charge in [0.05, 0.1) is 6.07 Å². The normalized spacial score (nSPS) is 10.7. The van der Waals surface area contributed by atoms with E-state index in [4.69, 9.17) is 11.0 Å². The van der Waals surface area contributed by atoms with Gasteiger partial charge in [-0.2, -0.15) is 5.26 Å². The number of nitriles is 1. The number of nitrogens with zero attached hydrogens (tertiary/aromatic N) is 3. The zero-order valence-electron chi connectivity index (χ0n) is 9.85. The second-order valence-electron chi connectivity index (χ2n) is 4.02. The molecule has 0 aromatic carbocycles. The summed E-state index contributed by atoms with van der Waals surface area (Å²) in [6.07, 6.45) is 2.23. The smallest absolute Gasteiger partial charge is 0.127 e. The monoisotopic (exact) mass is 218 g/mol. The second kappa shape index (κ2) is 6.09. The molecule has 1 aromatic rings. The van der Waals surface area contributed by atoms with E-state index in [0.29, 0.717) is 18.3 Å². The van der Waals surface area contributed by atoms with Gasteiger partial charge in [-0.25, -0.2) is 4.98 Å². The lowest BCUT2D eigenvalue weighted by molar-refractivity contribution is 0.218. The van der Waals surface area contributed by atoms with Gasteiger partial charge >= 0.3 is 0 Å². The first-order valence-corrected chi connectivity index (χ1v) is 5.45. The minimum Gasteiger partial charge on any atom is -0.383 e. The molecule has 0 radical (unpaired) electrons. The van der Waals surface area contributed by atoms with Gasteiger partial charge in [0.25, 0.3) is 0 Å². The molecule has 0 saturated carbocycles. The lowest BCUT2D eigenvalue weighted by Crippen LogP contribution is -2.31. The maximum absolute atomic E-state index is 8.60. The van der Waals surface area contributed by atoms with E-state index in [1.54, 1.807) is 6.20 Å². The minimum absolute atomic E-state index is 0.396. The van der Waals surface area contributed by atoms with Crippen LogP contribution in [0.4, 0.5) is 5.82 Å². The largest absolute Gasteiger partial charge is 0.383 e. The van der Waals surface area contributed by atoms with Crippen LogP contribution in [0.25, 0.3) is 0 Å². The van der Waals surface area contributed by atoms with Crippen molar-refractivity contribution in [2.75, 3.05) is 12.3 Å². The van der Waals surface area contributed by atoms with Crippen LogP contribution in [0.15, 0.2) is 18.3 Å². The number of nitrogen functional groups attached to an aromatic ring is 1. The molecular formula is C12H18N4. The van der Waals surface area contributed by atoms with Crippen LogP contribution in [0.1, 0.15) is 25.8 Å². The van der Waals surface area contributed by atoms with E-state index in [9.17, 15) is 0 Å². The molecule has 1 heterocycles. The highest BCUT2D eigenvalue weighted by molar-refractivity contribution is 5.38. The average molecular weight is 218 g/mol. The van der Waals surface area contributed by atoms with Gasteiger partial charge in [0.2, 0.25) is 0 Å². The Morgan fingerprint density at radius 1 is 1.56 bits per heavy atom. The Hall–Kier alpha value is -1.60. The highest BCUT2D eigenvalue weighted by Crippen LogP contribution is 2.12. The average Bonchev–Trinajstić information content (AvgIpc) is 2.26. The van der Waals surface area contributed by atoms with Crippen LogP contribution in [0.2, 0.25) is 0 Å². The highest BCUT2D eigenvalue weighted by atomic mass is 15.1. The minimum atomic E-state index is 0.396. The summed E-state index contributed by atoms with van der Waals surface area (Å²) in [5, 5.41) is 8.60. The number of nitrogens with two attached hydrogens (primary N) is 1. The molecule has 0 aliphatic rings. The van der Waals surface area contributed by atoms with Crippen LogP contribution in [-0.2, 0) is 6.54 Å². The quantitative estimate of drug-likeness (QED) is 0.818. The van der Waals surface area contributed by atoms with Crippen molar-refractivity contribution in [3.63, 3.8) is 0 Å². The Labute approximate surface area is 96.7 Å². The molecule has 2 N–H and O–H groups in total. The van der Waals surface area contributed by atoms with E-state index in [1.807, 2.05) is 12.1 Å². The standard InChI is InChI=1S/C12H18N4/c1-10(2)16(8-4-6-13)9-11-5-3-7-15-12(11)14/h3,5,7,10H,4,8-9H2,1-2H3,(H2,14,15). The zero-order valence-corrected chi connectivity index (χ0v) is 9.85. The van der Waals surface area contributed by atoms with Crippen LogP contribution in [0, 0.1) is 11.3 Å². The van der Waals surface area contributed by atoms with Crippen molar-refractivity contribution in [2.45, 2.75) is 32.9 Å². The van der Waals surface area contributed by atoms with E-state index in [2.05, 4.69) is 29.8 Å². The van der Waals surface area contributed by atoms with Crippen LogP contribution in [-0.4, -0.2) is 22.5 Å². The van der Waals surface area contributed by atoms with E-state index < -0.39 is 0 Å². The molecule has 1 aromatic heterocycles. The molecule has 0 saturated heterocycles. The van der Waals surface area contributed by atoms with Gasteiger partial charge < -0.3 is 5.73 Å². The van der Waals surface area contributed by atoms with E-state index in [-0.39, 0.29) is 0 Å². The Kier molecular flexibility index (Phi) is 4.74. The van der Waals surface area contributed by atoms with Gasteiger partial charge in [0.1, 0.15) is 5.82 Å². The predicted octanol–water partition coefficient (Wildman–Crippen LogP) is 1.79. The molecular weight excluding hydrogens is 200 g/mol. The molecule has 1 rings (SSSR count). The first-order chi connectivity index (χ1) is 7.65. The maximum Gasteiger partial charge on any atom is 0.127 e. The highest BCUT2D eigenvalue weighted by Gasteiger charge is 2.11. The summed E-state index contributed by atoms with van der Waals surface area (Å²) in [5.41, 5.74) is 6.82. The molecule has 0 spiro atoms. The fraction of sp³-hybridized carbons (Fsp3) is 0.500. The molecule has 4 heteroatoms. The first-order valence-electron chi connectivity index (χ1n) is 5.45. The number of hydrogen-bond acceptors (Lipinski definition) is 4. The Morgan fingerprint density at radius 2 is 2.31 bits per heavy atom. The van der Waals surface area contributed by atoms with Gasteiger partial charge in [-0.05, 0) is 19.9 Å². The zero-order chi connectivity index (χ0) is 12.0. The van der Waals surface area contributed by atoms with Crippen LogP contribution in [0.5, 0.6) is 0 Å². The third kappa shape index (κ3) is 3.52. The van der Waals surface area contributed by atoms with Crippen molar-refractivity contribution in [3.05, 3.63) is 23.9 Å². The van der Waals surface area contributed by atoms with Gasteiger partial charge in [0.15, 0.2) is 0 Å². The topological polar surface area (TPSA) is 65.9 Å². The van der Waals surface area contributed by atoms with Crippen molar-refractivity contribution in [2.24, 2.45) is 0 Å². The fourth-order valence-electron chi connectivity index (χ4n) is 1.52. The van der Waals surface area contributed by atoms with Crippen LogP contribution in [0.3, 0.4) is 0 Å². The number of aromatic nitrogens is 1. The van der Waals surface area contributed by atoms with Crippen molar-refractivity contribution in [1.29, 1.82) is 5.26 Å². The SMILES string of the molecule is CC(C)N(CCC#N)Cc1cccnc1N. The molecule has 0 amide bonds. The summed E-state index contributed by atoms with van der Waals surface area (Å²) in [7, 11) is 0. The van der Waals surface area contributed by atoms with Crippen molar-refractivity contribution >= 4 is 5.82 Å². The summed E-state index contributed by atoms with van der Waals surface area (Å²) in [6, 6.07) is 6.42. The molecule has 86 valence electrons. The molecule has 4 nitrogen and oxygen atoms in total. The Morgan fingerprint density at radius 3 is 2.88 bits per heavy atom. The fourth-order valence-corrected chi connectivity index (χ4v) is 1.52. The van der Waals surface area contributed by atoms with Crippen LogP contribution >= 0.6 is 0 Å². The lowest BCUT2D eigenvalue weighted by Gasteiger charge is -2.25. The van der Waals surface area contributed by atoms with Crippen molar-refractivity contribution in [1.82, 2.24) is 9.88 Å². The predicted molar refractivity (Wildman–Crippen MR) is 64.4 cm³/mol. The number of anilines is 1. The summed E-state index contributed by atoms with van der Waals surface area (Å²) in [6.45, 7) is 5.75. The van der Waals surface area contributed by atoms with Gasteiger partial charge in [-0.3, -0.25) is 4.90 Å². The van der Waals surface area contributed by atoms with Gasteiger partial charge in [0, 0.05) is 37.3 Å². The summed E-state index contributed by atoms with van der Waals surface area (Å²) < 4.78 is 0. The van der Waals surface area contributed by atoms with Crippen molar-refractivity contribution < 1.29 is 0 Å². The first kappa shape index (κ1) is 12.5. The van der Waals surface area contributed by atoms with E-state index >= 15 is 0 Å². The second-order valence-corrected chi connectivity index (χ2v) is 4.02. The molecule has 0 atom stereocenters. The number of pyridine rings is 1. The van der Waals surface area contributed by atoms with Gasteiger partial charge in [-0.1, -0.05) is 6.07 Å². The third-order valence-corrected chi connectivity index (χ3v) is 2.54. The molecule has 0 fully saturated rings. The Bertz CT molecular complexity index is 368. The van der Waals surface area contributed by atoms with Gasteiger partial charge in [-0.15, -0.1) is 0 Å². The summed E-state index contributed by atoms with van der Waals surface area (Å²) in [4.78, 5) is 6.28. The van der Waals surface area contributed by atoms with E-state index in [0.717, 1.165) is 18.7 Å². The maximum atomic E-state index is 8.60. The molecule has 16 heavy (non-hydrogen) atoms. The number of hydrogen-bond donors (Lipinski definition) is 1. The summed E-state index contributed by atoms with van der Waals surface area (Å²) >= 11 is 0. The van der Waals surface area contributed by atoms with Crippen molar-refractivity contribution in [3.8, 4) is 6.07 Å². The molecule has 0 aliphatic carbocycles. The molecule has 0 aliphatic heterocycles. The summed E-state index contributed by atoms with van der Waals surface area (Å²) in [5.74, 6) is 0.574. The van der Waals surface area contributed by atoms with E-state index in [1.165, 1.54) is 0 Å². The Balaban J connectivity index is 2.69. The lowest BCUT2D eigenvalue weighted by atomic mass is 10.2.